The number of aromatic carboxylic acids is 1. The molecule has 0 saturated heterocycles. The Kier molecular flexibility index (Phi) is 2.35. The number of imidazole rings is 1. The van der Waals surface area contributed by atoms with Crippen LogP contribution in [-0.4, -0.2) is 26.3 Å². The van der Waals surface area contributed by atoms with Gasteiger partial charge in [-0.05, 0) is 23.2 Å². The molecule has 1 aromatic rings. The number of carbonyl (C=O) groups excluding carboxylic acids is 1. The van der Waals surface area contributed by atoms with Gasteiger partial charge in [-0.2, -0.15) is 0 Å². The van der Waals surface area contributed by atoms with Crippen LogP contribution in [0.1, 0.15) is 21.0 Å². The van der Waals surface area contributed by atoms with Crippen molar-refractivity contribution in [1.29, 1.82) is 0 Å². The molecule has 1 rings (SSSR count). The number of nitrogens with zero attached hydrogens (tertiary/aromatic N) is 1. The largest absolute Gasteiger partial charge is 0.477 e. The van der Waals surface area contributed by atoms with Gasteiger partial charge in [0, 0.05) is 0 Å². The van der Waals surface area contributed by atoms with E-state index in [1.165, 1.54) is 0 Å². The predicted molar refractivity (Wildman–Crippen MR) is 40.7 cm³/mol. The van der Waals surface area contributed by atoms with Crippen LogP contribution in [0.15, 0.2) is 0 Å². The molecule has 5 nitrogen and oxygen atoms in total. The van der Waals surface area contributed by atoms with Crippen molar-refractivity contribution in [2.24, 2.45) is 0 Å². The Balaban J connectivity index is 3.26. The zero-order valence-corrected chi connectivity index (χ0v) is 6.98. The summed E-state index contributed by atoms with van der Waals surface area (Å²) in [6.07, 6.45) is 0. The molecule has 0 spiro atoms. The Morgan fingerprint density at radius 1 is 1.50 bits per heavy atom. The van der Waals surface area contributed by atoms with E-state index in [4.69, 9.17) is 28.3 Å². The van der Waals surface area contributed by atoms with E-state index in [-0.39, 0.29) is 11.0 Å². The third kappa shape index (κ3) is 1.57. The summed E-state index contributed by atoms with van der Waals surface area (Å²) in [6, 6.07) is 0. The van der Waals surface area contributed by atoms with Crippen molar-refractivity contribution in [3.8, 4) is 0 Å². The van der Waals surface area contributed by atoms with E-state index in [0.29, 0.717) is 0 Å². The topological polar surface area (TPSA) is 83.0 Å². The lowest BCUT2D eigenvalue weighted by atomic mass is 10.3. The maximum absolute atomic E-state index is 10.5. The van der Waals surface area contributed by atoms with Crippen molar-refractivity contribution >= 4 is 34.4 Å². The van der Waals surface area contributed by atoms with E-state index in [9.17, 15) is 9.59 Å². The van der Waals surface area contributed by atoms with Gasteiger partial charge in [-0.15, -0.1) is 0 Å². The molecule has 0 saturated carbocycles. The molecule has 0 radical (unpaired) electrons. The smallest absolute Gasteiger partial charge is 0.354 e. The molecule has 2 N–H and O–H groups in total. The van der Waals surface area contributed by atoms with Gasteiger partial charge < -0.3 is 10.1 Å². The van der Waals surface area contributed by atoms with Gasteiger partial charge in [-0.3, -0.25) is 4.79 Å². The van der Waals surface area contributed by atoms with Crippen molar-refractivity contribution in [2.45, 2.75) is 0 Å². The van der Waals surface area contributed by atoms with Crippen molar-refractivity contribution in [3.05, 3.63) is 16.7 Å². The molecule has 0 aliphatic heterocycles. The summed E-state index contributed by atoms with van der Waals surface area (Å²) in [5, 5.41) is 7.34. The molecule has 0 amide bonds. The quantitative estimate of drug-likeness (QED) is 0.715. The Bertz CT molecular complexity index is 315. The summed E-state index contributed by atoms with van der Waals surface area (Å²) in [4.78, 5) is 26.5. The van der Waals surface area contributed by atoms with Crippen LogP contribution in [-0.2, 0) is 0 Å². The van der Waals surface area contributed by atoms with Crippen molar-refractivity contribution < 1.29 is 14.7 Å². The maximum atomic E-state index is 10.5. The number of carboxylic acid groups (broad SMARTS) is 1. The predicted octanol–water partition coefficient (Wildman–Crippen LogP) is 1.14. The van der Waals surface area contributed by atoms with Gasteiger partial charge in [-0.25, -0.2) is 9.78 Å². The van der Waals surface area contributed by atoms with Gasteiger partial charge >= 0.3 is 5.97 Å². The minimum Gasteiger partial charge on any atom is -0.477 e. The fourth-order valence-corrected chi connectivity index (χ4v) is 0.957. The first-order valence-corrected chi connectivity index (χ1v) is 3.46. The summed E-state index contributed by atoms with van der Waals surface area (Å²) in [5.41, 5.74) is -0.783. The molecule has 0 bridgehead atoms. The summed E-state index contributed by atoms with van der Waals surface area (Å²) in [6.45, 7) is 0. The second-order valence-electron chi connectivity index (χ2n) is 1.83. The highest BCUT2D eigenvalue weighted by Crippen LogP contribution is 2.12. The van der Waals surface area contributed by atoms with Gasteiger partial charge in [-0.1, -0.05) is 0 Å². The summed E-state index contributed by atoms with van der Waals surface area (Å²) < 4.78 is 0. The maximum Gasteiger partial charge on any atom is 0.354 e. The zero-order valence-electron chi connectivity index (χ0n) is 5.47. The van der Waals surface area contributed by atoms with Crippen molar-refractivity contribution in [1.82, 2.24) is 9.97 Å². The molecule has 0 aromatic carbocycles. The monoisotopic (exact) mass is 208 g/mol. The Morgan fingerprint density at radius 2 is 2.08 bits per heavy atom. The molecule has 0 aliphatic rings. The highest BCUT2D eigenvalue weighted by Gasteiger charge is 2.19. The number of aromatic amines is 1. The third-order valence-electron chi connectivity index (χ3n) is 1.07. The summed E-state index contributed by atoms with van der Waals surface area (Å²) in [5.74, 6) is -1.33. The molecule has 1 aromatic heterocycles. The average Bonchev–Trinajstić information content (AvgIpc) is 2.31. The van der Waals surface area contributed by atoms with Crippen LogP contribution >= 0.6 is 23.2 Å². The molecular formula is C5H2Cl2N2O3. The number of hydrogen-bond donors (Lipinski definition) is 2. The van der Waals surface area contributed by atoms with Crippen LogP contribution in [0.4, 0.5) is 0 Å². The van der Waals surface area contributed by atoms with Crippen LogP contribution < -0.4 is 0 Å². The number of hydrogen-bond acceptors (Lipinski definition) is 3. The number of carbonyl (C=O) groups is 2. The Morgan fingerprint density at radius 3 is 2.42 bits per heavy atom. The number of H-pyrrole nitrogens is 1. The summed E-state index contributed by atoms with van der Waals surface area (Å²) >= 11 is 10.3. The summed E-state index contributed by atoms with van der Waals surface area (Å²) in [7, 11) is 0. The number of nitrogens with one attached hydrogen (secondary N) is 1. The second-order valence-corrected chi connectivity index (χ2v) is 2.53. The van der Waals surface area contributed by atoms with E-state index >= 15 is 0 Å². The van der Waals surface area contributed by atoms with Crippen molar-refractivity contribution in [2.75, 3.05) is 0 Å². The molecule has 0 unspecified atom stereocenters. The number of carboxylic acids is 1. The molecule has 1 heterocycles. The van der Waals surface area contributed by atoms with E-state index in [1.54, 1.807) is 0 Å². The van der Waals surface area contributed by atoms with Crippen LogP contribution in [0.5, 0.6) is 0 Å². The first-order valence-electron chi connectivity index (χ1n) is 2.71. The normalized spacial score (nSPS) is 9.83. The molecule has 7 heteroatoms. The van der Waals surface area contributed by atoms with E-state index < -0.39 is 16.9 Å². The van der Waals surface area contributed by atoms with Gasteiger partial charge in [0.15, 0.2) is 11.4 Å². The molecule has 0 atom stereocenters. The van der Waals surface area contributed by atoms with E-state index in [2.05, 4.69) is 9.97 Å². The second kappa shape index (κ2) is 3.12. The van der Waals surface area contributed by atoms with Gasteiger partial charge in [0.05, 0.1) is 0 Å². The average molecular weight is 209 g/mol. The first kappa shape index (κ1) is 9.02. The number of rotatable bonds is 2. The van der Waals surface area contributed by atoms with Gasteiger partial charge in [0.1, 0.15) is 0 Å². The molecule has 12 heavy (non-hydrogen) atoms. The SMILES string of the molecule is O=C(Cl)c1nc(Cl)[nH]c1C(=O)O. The first-order chi connectivity index (χ1) is 5.52. The van der Waals surface area contributed by atoms with Crippen LogP contribution in [0.3, 0.4) is 0 Å². The fourth-order valence-electron chi connectivity index (χ4n) is 0.641. The standard InChI is InChI=1S/C5H2Cl2N2O3/c6-3(10)1-2(4(11)12)9-5(7)8-1/h(H,8,9)(H,11,12). The highest BCUT2D eigenvalue weighted by molar-refractivity contribution is 6.67. The molecule has 0 aliphatic carbocycles. The minimum absolute atomic E-state index is 0.184. The van der Waals surface area contributed by atoms with Gasteiger partial charge in [0.25, 0.3) is 5.24 Å². The lowest BCUT2D eigenvalue weighted by molar-refractivity contribution is 0.0687. The fraction of sp³-hybridized carbons (Fsp3) is 0. The van der Waals surface area contributed by atoms with E-state index in [0.717, 1.165) is 0 Å². The Labute approximate surface area is 76.3 Å². The lowest BCUT2D eigenvalue weighted by Gasteiger charge is -1.88. The lowest BCUT2D eigenvalue weighted by Crippen LogP contribution is -2.03. The number of aromatic nitrogens is 2. The van der Waals surface area contributed by atoms with E-state index in [1.807, 2.05) is 0 Å². The highest BCUT2D eigenvalue weighted by atomic mass is 35.5. The molecule has 64 valence electrons. The van der Waals surface area contributed by atoms with Crippen molar-refractivity contribution in [3.63, 3.8) is 0 Å². The molecular weight excluding hydrogens is 207 g/mol. The Hall–Kier alpha value is -1.07. The van der Waals surface area contributed by atoms with Crippen LogP contribution in [0, 0.1) is 0 Å². The minimum atomic E-state index is -1.33. The third-order valence-corrected chi connectivity index (χ3v) is 1.43. The zero-order chi connectivity index (χ0) is 9.30. The molecule has 0 fully saturated rings. The van der Waals surface area contributed by atoms with Crippen LogP contribution in [0.2, 0.25) is 5.28 Å². The van der Waals surface area contributed by atoms with Gasteiger partial charge in [0.2, 0.25) is 5.28 Å². The number of halogens is 2. The van der Waals surface area contributed by atoms with Crippen LogP contribution in [0.25, 0.3) is 0 Å².